The molecule has 2 nitrogen and oxygen atoms in total. The molecule has 2 rings (SSSR count). The van der Waals surface area contributed by atoms with E-state index in [-0.39, 0.29) is 21.2 Å². The van der Waals surface area contributed by atoms with Crippen LogP contribution >= 0.6 is 0 Å². The van der Waals surface area contributed by atoms with Crippen LogP contribution in [-0.2, 0) is 11.2 Å². The zero-order valence-electron chi connectivity index (χ0n) is 16.9. The summed E-state index contributed by atoms with van der Waals surface area (Å²) in [6, 6.07) is 17.9. The number of unbranched alkanes of at least 4 members (excludes halogenated alkanes) is 3. The van der Waals surface area contributed by atoms with Crippen molar-refractivity contribution in [3.63, 3.8) is 0 Å². The Hall–Kier alpha value is -1.07. The van der Waals surface area contributed by atoms with Gasteiger partial charge in [-0.15, -0.1) is 0 Å². The van der Waals surface area contributed by atoms with Crippen LogP contribution in [0.5, 0.6) is 5.75 Å². The molecule has 2 aromatic carbocycles. The van der Waals surface area contributed by atoms with E-state index >= 15 is 0 Å². The molecular weight excluding hydrogens is 447 g/mol. The third-order valence-electron chi connectivity index (χ3n) is 4.31. The zero-order chi connectivity index (χ0) is 19.2. The molecule has 150 valence electrons. The summed E-state index contributed by atoms with van der Waals surface area (Å²) in [6.07, 6.45) is 8.30. The predicted octanol–water partition coefficient (Wildman–Crippen LogP) is 3.13. The molecule has 0 aliphatic heterocycles. The van der Waals surface area contributed by atoms with Gasteiger partial charge in [-0.1, -0.05) is 0 Å². The molecule has 0 atom stereocenters. The topological polar surface area (TPSA) is 18.5 Å². The van der Waals surface area contributed by atoms with Gasteiger partial charge < -0.3 is 0 Å². The number of hydrogen-bond donors (Lipinski definition) is 0. The molecule has 0 fully saturated rings. The van der Waals surface area contributed by atoms with E-state index < -0.39 is 0 Å². The summed E-state index contributed by atoms with van der Waals surface area (Å²) in [5, 5.41) is 0. The molecule has 0 saturated heterocycles. The first-order chi connectivity index (χ1) is 13.3. The van der Waals surface area contributed by atoms with Crippen molar-refractivity contribution in [3.05, 3.63) is 61.2 Å². The summed E-state index contributed by atoms with van der Waals surface area (Å²) >= 11 is -0.121. The Balaban J connectivity index is 1.71. The molecule has 0 heterocycles. The van der Waals surface area contributed by atoms with E-state index in [0.717, 1.165) is 51.3 Å². The van der Waals surface area contributed by atoms with Crippen LogP contribution in [0.3, 0.4) is 0 Å². The number of benzene rings is 2. The Labute approximate surface area is 175 Å². The number of aryl methyl sites for hydroxylation is 1. The Morgan fingerprint density at radius 3 is 2.04 bits per heavy atom. The normalized spacial score (nSPS) is 11.0. The van der Waals surface area contributed by atoms with E-state index in [2.05, 4.69) is 62.4 Å². The predicted molar refractivity (Wildman–Crippen MR) is 109 cm³/mol. The second kappa shape index (κ2) is 14.0. The second-order valence-electron chi connectivity index (χ2n) is 6.80. The summed E-state index contributed by atoms with van der Waals surface area (Å²) in [6.45, 7) is 6.97. The fourth-order valence-corrected chi connectivity index (χ4v) is 4.93. The van der Waals surface area contributed by atoms with Crippen LogP contribution in [-0.4, -0.2) is 19.8 Å². The van der Waals surface area contributed by atoms with Gasteiger partial charge in [0.15, 0.2) is 0 Å². The summed E-state index contributed by atoms with van der Waals surface area (Å²) in [5.41, 5.74) is 1.41. The van der Waals surface area contributed by atoms with E-state index in [0.29, 0.717) is 0 Å². The third kappa shape index (κ3) is 9.61. The molecule has 0 radical (unpaired) electrons. The zero-order valence-corrected chi connectivity index (χ0v) is 19.0. The Kier molecular flexibility index (Phi) is 11.5. The van der Waals surface area contributed by atoms with Gasteiger partial charge in [0.25, 0.3) is 0 Å². The summed E-state index contributed by atoms with van der Waals surface area (Å²) < 4.78 is 14.3. The molecule has 0 aromatic heterocycles. The van der Waals surface area contributed by atoms with Crippen LogP contribution in [0.4, 0.5) is 0 Å². The van der Waals surface area contributed by atoms with Gasteiger partial charge in [-0.3, -0.25) is 0 Å². The maximum absolute atomic E-state index is 5.84. The van der Waals surface area contributed by atoms with Gasteiger partial charge in [-0.2, -0.15) is 0 Å². The monoisotopic (exact) mass is 481 g/mol. The van der Waals surface area contributed by atoms with Gasteiger partial charge in [-0.05, 0) is 0 Å². The van der Waals surface area contributed by atoms with Crippen molar-refractivity contribution < 1.29 is 30.7 Å². The van der Waals surface area contributed by atoms with E-state index in [1.807, 2.05) is 0 Å². The van der Waals surface area contributed by atoms with Crippen molar-refractivity contribution in [3.8, 4) is 5.75 Å². The van der Waals surface area contributed by atoms with Gasteiger partial charge in [-0.25, -0.2) is 0 Å². The molecule has 2 aromatic rings. The molecular formula is C24H34IO2-. The molecule has 0 bridgehead atoms. The molecule has 27 heavy (non-hydrogen) atoms. The number of ether oxygens (including phenoxy) is 2. The van der Waals surface area contributed by atoms with Crippen molar-refractivity contribution in [1.82, 2.24) is 0 Å². The molecule has 0 N–H and O–H groups in total. The SMILES string of the molecule is CCCCCCOc1ccc([I-]c2ccc(CCCOCCC)cc2)cc1. The standard InChI is InChI=1S/C24H34IO2/c1-3-5-6-7-20-27-24-16-14-23(15-17-24)25-22-12-10-21(11-13-22)9-8-19-26-18-4-2/h10-17H,3-9,18-20H2,1-2H3/q-1. The van der Waals surface area contributed by atoms with Crippen LogP contribution < -0.4 is 25.9 Å². The van der Waals surface area contributed by atoms with Crippen molar-refractivity contribution in [2.24, 2.45) is 0 Å². The Bertz CT molecular complexity index is 552. The first kappa shape index (κ1) is 22.2. The second-order valence-corrected chi connectivity index (χ2v) is 9.83. The van der Waals surface area contributed by atoms with Gasteiger partial charge in [0.05, 0.1) is 0 Å². The van der Waals surface area contributed by atoms with Crippen molar-refractivity contribution in [2.75, 3.05) is 19.8 Å². The molecule has 0 amide bonds. The van der Waals surface area contributed by atoms with E-state index in [1.54, 1.807) is 0 Å². The molecule has 0 unspecified atom stereocenters. The molecule has 0 aliphatic rings. The van der Waals surface area contributed by atoms with Crippen LogP contribution in [0.2, 0.25) is 0 Å². The average molecular weight is 481 g/mol. The van der Waals surface area contributed by atoms with Gasteiger partial charge >= 0.3 is 176 Å². The fourth-order valence-electron chi connectivity index (χ4n) is 2.78. The minimum absolute atomic E-state index is 0.121. The first-order valence-corrected chi connectivity index (χ1v) is 12.5. The Morgan fingerprint density at radius 1 is 0.667 bits per heavy atom. The maximum atomic E-state index is 5.84. The van der Waals surface area contributed by atoms with Crippen LogP contribution in [0.15, 0.2) is 48.5 Å². The summed E-state index contributed by atoms with van der Waals surface area (Å²) in [7, 11) is 0. The first-order valence-electron chi connectivity index (χ1n) is 10.4. The molecule has 0 saturated carbocycles. The van der Waals surface area contributed by atoms with Gasteiger partial charge in [0.2, 0.25) is 0 Å². The van der Waals surface area contributed by atoms with E-state index in [1.165, 1.54) is 32.0 Å². The Morgan fingerprint density at radius 2 is 1.37 bits per heavy atom. The van der Waals surface area contributed by atoms with E-state index in [9.17, 15) is 0 Å². The van der Waals surface area contributed by atoms with Gasteiger partial charge in [0.1, 0.15) is 0 Å². The van der Waals surface area contributed by atoms with Crippen LogP contribution in [0.25, 0.3) is 0 Å². The van der Waals surface area contributed by atoms with Crippen molar-refractivity contribution in [1.29, 1.82) is 0 Å². The van der Waals surface area contributed by atoms with Crippen LogP contribution in [0.1, 0.15) is 57.9 Å². The van der Waals surface area contributed by atoms with Crippen molar-refractivity contribution >= 4 is 0 Å². The number of rotatable bonds is 14. The summed E-state index contributed by atoms with van der Waals surface area (Å²) in [4.78, 5) is 0. The molecule has 0 aliphatic carbocycles. The van der Waals surface area contributed by atoms with Crippen LogP contribution in [0, 0.1) is 7.14 Å². The minimum atomic E-state index is -0.121. The number of halogens is 1. The fraction of sp³-hybridized carbons (Fsp3) is 0.500. The summed E-state index contributed by atoms with van der Waals surface area (Å²) in [5.74, 6) is 1.000. The quantitative estimate of drug-likeness (QED) is 0.305. The molecule has 3 heteroatoms. The molecule has 0 spiro atoms. The van der Waals surface area contributed by atoms with Gasteiger partial charge in [0, 0.05) is 0 Å². The van der Waals surface area contributed by atoms with E-state index in [4.69, 9.17) is 9.47 Å². The average Bonchev–Trinajstić information content (AvgIpc) is 2.70. The third-order valence-corrected chi connectivity index (χ3v) is 7.00. The van der Waals surface area contributed by atoms with Crippen molar-refractivity contribution in [2.45, 2.75) is 58.8 Å². The number of hydrogen-bond acceptors (Lipinski definition) is 2.